The van der Waals surface area contributed by atoms with Crippen LogP contribution in [-0.2, 0) is 4.79 Å². The Kier molecular flexibility index (Phi) is 6.96. The Morgan fingerprint density at radius 2 is 1.82 bits per heavy atom. The smallest absolute Gasteiger partial charge is 0.241 e. The molecule has 6 nitrogen and oxygen atoms in total. The largest absolute Gasteiger partial charge is 0.376 e. The topological polar surface area (TPSA) is 104 Å². The maximum Gasteiger partial charge on any atom is 0.241 e. The Morgan fingerprint density at radius 1 is 1.18 bits per heavy atom. The lowest BCUT2D eigenvalue weighted by Crippen LogP contribution is -2.37. The number of carbonyl (C=O) groups is 1. The molecule has 1 aromatic carbocycles. The average Bonchev–Trinajstić information content (AvgIpc) is 2.54. The third kappa shape index (κ3) is 5.15. The Balaban J connectivity index is 2.68. The van der Waals surface area contributed by atoms with Gasteiger partial charge in [-0.25, -0.2) is 0 Å². The highest BCUT2D eigenvalue weighted by Crippen LogP contribution is 2.16. The van der Waals surface area contributed by atoms with Gasteiger partial charge in [0.1, 0.15) is 0 Å². The van der Waals surface area contributed by atoms with Crippen molar-refractivity contribution in [2.45, 2.75) is 19.8 Å². The highest BCUT2D eigenvalue weighted by molar-refractivity contribution is 5.81. The summed E-state index contributed by atoms with van der Waals surface area (Å²) in [5.41, 5.74) is 2.19. The van der Waals surface area contributed by atoms with Gasteiger partial charge in [-0.1, -0.05) is 6.07 Å². The van der Waals surface area contributed by atoms with Crippen LogP contribution in [0.1, 0.15) is 24.0 Å². The van der Waals surface area contributed by atoms with Crippen molar-refractivity contribution in [3.05, 3.63) is 29.3 Å². The zero-order valence-electron chi connectivity index (χ0n) is 12.5. The summed E-state index contributed by atoms with van der Waals surface area (Å²) in [4.78, 5) is 13.7. The lowest BCUT2D eigenvalue weighted by Gasteiger charge is -2.21. The number of nitriles is 3. The fourth-order valence-corrected chi connectivity index (χ4v) is 1.90. The van der Waals surface area contributed by atoms with E-state index in [1.165, 1.54) is 4.90 Å². The number of rotatable bonds is 7. The van der Waals surface area contributed by atoms with E-state index in [-0.39, 0.29) is 25.3 Å². The molecule has 112 valence electrons. The Morgan fingerprint density at radius 3 is 2.36 bits per heavy atom. The van der Waals surface area contributed by atoms with Gasteiger partial charge >= 0.3 is 0 Å². The molecule has 1 N–H and O–H groups in total. The summed E-state index contributed by atoms with van der Waals surface area (Å²) in [6, 6.07) is 11.3. The number of nitrogens with one attached hydrogen (secondary N) is 1. The Labute approximate surface area is 130 Å². The van der Waals surface area contributed by atoms with Crippen LogP contribution in [-0.4, -0.2) is 30.4 Å². The molecule has 0 atom stereocenters. The van der Waals surface area contributed by atoms with Crippen LogP contribution < -0.4 is 5.32 Å². The van der Waals surface area contributed by atoms with E-state index in [0.29, 0.717) is 18.7 Å². The fraction of sp³-hybridized carbons (Fsp3) is 0.375. The second-order valence-corrected chi connectivity index (χ2v) is 4.69. The first kappa shape index (κ1) is 17.0. The van der Waals surface area contributed by atoms with Crippen LogP contribution >= 0.6 is 0 Å². The first-order valence-corrected chi connectivity index (χ1v) is 6.88. The molecule has 0 saturated heterocycles. The lowest BCUT2D eigenvalue weighted by atomic mass is 10.1. The molecule has 0 fully saturated rings. The molecule has 6 heteroatoms. The van der Waals surface area contributed by atoms with Crippen molar-refractivity contribution in [2.24, 2.45) is 0 Å². The number of nitrogens with zero attached hydrogens (tertiary/aromatic N) is 4. The number of aryl methyl sites for hydroxylation is 1. The Hall–Kier alpha value is -3.04. The highest BCUT2D eigenvalue weighted by atomic mass is 16.2. The van der Waals surface area contributed by atoms with Gasteiger partial charge in [-0.05, 0) is 24.6 Å². The van der Waals surface area contributed by atoms with Crippen molar-refractivity contribution in [2.75, 3.05) is 25.0 Å². The summed E-state index contributed by atoms with van der Waals surface area (Å²) in [5.74, 6) is -0.174. The zero-order chi connectivity index (χ0) is 16.4. The van der Waals surface area contributed by atoms with Crippen molar-refractivity contribution in [3.8, 4) is 18.2 Å². The van der Waals surface area contributed by atoms with Crippen LogP contribution in [0.3, 0.4) is 0 Å². The van der Waals surface area contributed by atoms with Crippen LogP contribution in [0.4, 0.5) is 5.69 Å². The molecule has 0 heterocycles. The number of amides is 1. The maximum atomic E-state index is 12.2. The van der Waals surface area contributed by atoms with E-state index in [1.807, 2.05) is 25.1 Å². The third-order valence-electron chi connectivity index (χ3n) is 3.14. The quantitative estimate of drug-likeness (QED) is 0.827. The predicted octanol–water partition coefficient (Wildman–Crippen LogP) is 1.93. The molecule has 1 aromatic rings. The van der Waals surface area contributed by atoms with Gasteiger partial charge in [0, 0.05) is 18.8 Å². The highest BCUT2D eigenvalue weighted by Gasteiger charge is 2.13. The van der Waals surface area contributed by atoms with E-state index in [9.17, 15) is 4.79 Å². The number of benzene rings is 1. The predicted molar refractivity (Wildman–Crippen MR) is 81.4 cm³/mol. The number of carbonyl (C=O) groups excluding carboxylic acids is 1. The number of anilines is 1. The lowest BCUT2D eigenvalue weighted by molar-refractivity contribution is -0.129. The summed E-state index contributed by atoms with van der Waals surface area (Å²) in [6.45, 7) is 2.58. The van der Waals surface area contributed by atoms with Crippen molar-refractivity contribution in [3.63, 3.8) is 0 Å². The molecule has 0 aliphatic heterocycles. The van der Waals surface area contributed by atoms with Crippen LogP contribution in [0.25, 0.3) is 0 Å². The third-order valence-corrected chi connectivity index (χ3v) is 3.14. The fourth-order valence-electron chi connectivity index (χ4n) is 1.90. The standard InChI is InChI=1S/C16H17N5O/c1-13-4-5-14(11-19)10-15(13)20-12-16(22)21(8-2-6-17)9-3-7-18/h4-5,10,20H,2-3,8-9,12H2,1H3. The SMILES string of the molecule is Cc1ccc(C#N)cc1NCC(=O)N(CCC#N)CCC#N. The first-order valence-electron chi connectivity index (χ1n) is 6.88. The molecule has 0 unspecified atom stereocenters. The molecule has 0 saturated carbocycles. The van der Waals surface area contributed by atoms with Gasteiger partial charge in [-0.2, -0.15) is 15.8 Å². The van der Waals surface area contributed by atoms with Gasteiger partial charge < -0.3 is 10.2 Å². The van der Waals surface area contributed by atoms with Crippen molar-refractivity contribution in [1.29, 1.82) is 15.8 Å². The van der Waals surface area contributed by atoms with Gasteiger partial charge in [0.2, 0.25) is 5.91 Å². The minimum absolute atomic E-state index is 0.0621. The second kappa shape index (κ2) is 9.00. The summed E-state index contributed by atoms with van der Waals surface area (Å²) < 4.78 is 0. The van der Waals surface area contributed by atoms with Crippen LogP contribution in [0.15, 0.2) is 18.2 Å². The van der Waals surface area contributed by atoms with E-state index in [1.54, 1.807) is 12.1 Å². The van der Waals surface area contributed by atoms with Gasteiger partial charge in [0.05, 0.1) is 43.2 Å². The summed E-state index contributed by atoms with van der Waals surface area (Å²) in [6.07, 6.45) is 0.472. The molecule has 0 spiro atoms. The van der Waals surface area contributed by atoms with Gasteiger partial charge in [0.25, 0.3) is 0 Å². The molecule has 22 heavy (non-hydrogen) atoms. The summed E-state index contributed by atoms with van der Waals surface area (Å²) in [5, 5.41) is 29.2. The molecule has 1 rings (SSSR count). The number of hydrogen-bond donors (Lipinski definition) is 1. The second-order valence-electron chi connectivity index (χ2n) is 4.69. The molecule has 0 bridgehead atoms. The molecule has 0 aliphatic carbocycles. The van der Waals surface area contributed by atoms with Crippen LogP contribution in [0, 0.1) is 40.9 Å². The molecular formula is C16H17N5O. The van der Waals surface area contributed by atoms with Crippen molar-refractivity contribution >= 4 is 11.6 Å². The van der Waals surface area contributed by atoms with Crippen LogP contribution in [0.2, 0.25) is 0 Å². The molecule has 0 aromatic heterocycles. The van der Waals surface area contributed by atoms with E-state index in [2.05, 4.69) is 11.4 Å². The zero-order valence-corrected chi connectivity index (χ0v) is 12.5. The molecule has 1 amide bonds. The number of hydrogen-bond acceptors (Lipinski definition) is 5. The van der Waals surface area contributed by atoms with E-state index in [0.717, 1.165) is 11.3 Å². The van der Waals surface area contributed by atoms with E-state index in [4.69, 9.17) is 15.8 Å². The van der Waals surface area contributed by atoms with E-state index >= 15 is 0 Å². The Bertz CT molecular complexity index is 630. The molecule has 0 radical (unpaired) electrons. The molecule has 0 aliphatic rings. The molecular weight excluding hydrogens is 278 g/mol. The minimum Gasteiger partial charge on any atom is -0.376 e. The van der Waals surface area contributed by atoms with Gasteiger partial charge in [-0.15, -0.1) is 0 Å². The monoisotopic (exact) mass is 295 g/mol. The first-order chi connectivity index (χ1) is 10.6. The average molecular weight is 295 g/mol. The van der Waals surface area contributed by atoms with Gasteiger partial charge in [-0.3, -0.25) is 4.79 Å². The van der Waals surface area contributed by atoms with Crippen LogP contribution in [0.5, 0.6) is 0 Å². The minimum atomic E-state index is -0.174. The van der Waals surface area contributed by atoms with Crippen molar-refractivity contribution < 1.29 is 4.79 Å². The van der Waals surface area contributed by atoms with E-state index < -0.39 is 0 Å². The normalized spacial score (nSPS) is 9.18. The maximum absolute atomic E-state index is 12.2. The summed E-state index contributed by atoms with van der Waals surface area (Å²) >= 11 is 0. The van der Waals surface area contributed by atoms with Crippen molar-refractivity contribution in [1.82, 2.24) is 4.90 Å². The van der Waals surface area contributed by atoms with Gasteiger partial charge in [0.15, 0.2) is 0 Å². The summed E-state index contributed by atoms with van der Waals surface area (Å²) in [7, 11) is 0.